The molecule has 1 spiro atoms. The van der Waals surface area contributed by atoms with Gasteiger partial charge >= 0.3 is 0 Å². The first-order chi connectivity index (χ1) is 14.4. The Kier molecular flexibility index (Phi) is 3.04. The molecule has 3 aliphatic carbocycles. The molecule has 0 radical (unpaired) electrons. The highest BCUT2D eigenvalue weighted by molar-refractivity contribution is 5.64. The molecule has 0 unspecified atom stereocenters. The number of hydrogen-bond donors (Lipinski definition) is 3. The molecule has 1 aromatic heterocycles. The van der Waals surface area contributed by atoms with E-state index in [0.717, 1.165) is 54.4 Å². The SMILES string of the molecule is Cc1nc(N)nc2c1C[C@@]1(O)[C@H]3Cc4ccc(O)c5c4[C@@]1(CCN3CC1CC1)[C@H]2O5. The molecular weight excluding hydrogens is 380 g/mol. The summed E-state index contributed by atoms with van der Waals surface area (Å²) in [6.07, 6.45) is 4.18. The van der Waals surface area contributed by atoms with Gasteiger partial charge in [0.25, 0.3) is 0 Å². The first kappa shape index (κ1) is 17.3. The summed E-state index contributed by atoms with van der Waals surface area (Å²) in [5.74, 6) is 1.65. The fourth-order valence-corrected chi connectivity index (χ4v) is 7.00. The average Bonchev–Trinajstić information content (AvgIpc) is 3.43. The molecule has 1 aromatic carbocycles. The number of benzene rings is 1. The molecular formula is C23H26N4O3. The van der Waals surface area contributed by atoms with Gasteiger partial charge in [0.2, 0.25) is 5.95 Å². The number of hydrogen-bond acceptors (Lipinski definition) is 7. The van der Waals surface area contributed by atoms with E-state index in [2.05, 4.69) is 14.9 Å². The van der Waals surface area contributed by atoms with E-state index < -0.39 is 17.1 Å². The van der Waals surface area contributed by atoms with Gasteiger partial charge in [-0.15, -0.1) is 0 Å². The zero-order valence-corrected chi connectivity index (χ0v) is 17.1. The number of likely N-dealkylation sites (tertiary alicyclic amines) is 1. The van der Waals surface area contributed by atoms with Gasteiger partial charge in [-0.3, -0.25) is 4.90 Å². The van der Waals surface area contributed by atoms with Crippen LogP contribution >= 0.6 is 0 Å². The number of nitrogens with two attached hydrogens (primary N) is 1. The molecule has 5 aliphatic rings. The van der Waals surface area contributed by atoms with Crippen molar-refractivity contribution in [3.63, 3.8) is 0 Å². The number of nitrogens with zero attached hydrogens (tertiary/aromatic N) is 3. The molecule has 2 aliphatic heterocycles. The number of piperidine rings is 1. The highest BCUT2D eigenvalue weighted by atomic mass is 16.5. The zero-order chi connectivity index (χ0) is 20.4. The number of rotatable bonds is 2. The Bertz CT molecular complexity index is 1120. The molecule has 0 amide bonds. The third-order valence-corrected chi connectivity index (χ3v) is 8.47. The maximum absolute atomic E-state index is 12.6. The van der Waals surface area contributed by atoms with Crippen molar-refractivity contribution in [2.24, 2.45) is 5.92 Å². The van der Waals surface area contributed by atoms with Crippen LogP contribution in [0.3, 0.4) is 0 Å². The summed E-state index contributed by atoms with van der Waals surface area (Å²) in [5.41, 5.74) is 9.13. The smallest absolute Gasteiger partial charge is 0.220 e. The van der Waals surface area contributed by atoms with Crippen molar-refractivity contribution >= 4 is 5.95 Å². The minimum absolute atomic E-state index is 0.0195. The van der Waals surface area contributed by atoms with Crippen LogP contribution in [0, 0.1) is 12.8 Å². The van der Waals surface area contributed by atoms with E-state index in [1.54, 1.807) is 6.07 Å². The van der Waals surface area contributed by atoms with Gasteiger partial charge in [-0.1, -0.05) is 6.07 Å². The number of aliphatic hydroxyl groups is 1. The van der Waals surface area contributed by atoms with Crippen molar-refractivity contribution in [3.8, 4) is 11.5 Å². The maximum Gasteiger partial charge on any atom is 0.220 e. The van der Waals surface area contributed by atoms with E-state index in [0.29, 0.717) is 12.2 Å². The average molecular weight is 406 g/mol. The molecule has 4 N–H and O–H groups in total. The Morgan fingerprint density at radius 3 is 2.93 bits per heavy atom. The molecule has 7 nitrogen and oxygen atoms in total. The first-order valence-corrected chi connectivity index (χ1v) is 11.0. The molecule has 7 rings (SSSR count). The van der Waals surface area contributed by atoms with Gasteiger partial charge in [-0.2, -0.15) is 0 Å². The van der Waals surface area contributed by atoms with E-state index in [1.165, 1.54) is 18.4 Å². The fraction of sp³-hybridized carbons (Fsp3) is 0.565. The maximum atomic E-state index is 12.6. The minimum atomic E-state index is -0.992. The predicted octanol–water partition coefficient (Wildman–Crippen LogP) is 1.77. The summed E-state index contributed by atoms with van der Waals surface area (Å²) < 4.78 is 6.47. The Labute approximate surface area is 174 Å². The van der Waals surface area contributed by atoms with Crippen molar-refractivity contribution in [1.29, 1.82) is 0 Å². The van der Waals surface area contributed by atoms with E-state index in [9.17, 15) is 10.2 Å². The molecule has 2 bridgehead atoms. The Hall–Kier alpha value is -2.38. The molecule has 1 saturated carbocycles. The normalized spacial score (nSPS) is 35.5. The zero-order valence-electron chi connectivity index (χ0n) is 17.1. The topological polar surface area (TPSA) is 105 Å². The lowest BCUT2D eigenvalue weighted by Crippen LogP contribution is -2.74. The molecule has 7 heteroatoms. The predicted molar refractivity (Wildman–Crippen MR) is 109 cm³/mol. The molecule has 2 aromatic rings. The van der Waals surface area contributed by atoms with E-state index >= 15 is 0 Å². The molecule has 4 atom stereocenters. The van der Waals surface area contributed by atoms with Gasteiger partial charge in [0.15, 0.2) is 17.6 Å². The van der Waals surface area contributed by atoms with Gasteiger partial charge < -0.3 is 20.7 Å². The van der Waals surface area contributed by atoms with Crippen LogP contribution in [0.5, 0.6) is 11.5 Å². The van der Waals surface area contributed by atoms with Crippen LogP contribution in [0.25, 0.3) is 0 Å². The number of anilines is 1. The van der Waals surface area contributed by atoms with Crippen LogP contribution in [0.1, 0.15) is 53.4 Å². The van der Waals surface area contributed by atoms with Gasteiger partial charge in [0.05, 0.1) is 16.7 Å². The van der Waals surface area contributed by atoms with Gasteiger partial charge in [0.1, 0.15) is 0 Å². The minimum Gasteiger partial charge on any atom is -0.504 e. The Balaban J connectivity index is 1.51. The standard InChI is InChI=1S/C23H26N4O3/c1-11-14-9-23(29)16-8-13-4-5-15(28)19-17(13)22(23,6-7-27(16)10-12-2-3-12)20(30-19)18(14)26-21(24)25-11/h4-5,12,16,20,28-29H,2-3,6-10H2,1H3,(H2,24,25,26)/t16-,20+,22+,23-/m1/s1. The lowest BCUT2D eigenvalue weighted by Gasteiger charge is -2.63. The van der Waals surface area contributed by atoms with Gasteiger partial charge in [-0.05, 0) is 56.7 Å². The summed E-state index contributed by atoms with van der Waals surface area (Å²) in [7, 11) is 0. The van der Waals surface area contributed by atoms with Crippen molar-refractivity contribution in [3.05, 3.63) is 40.2 Å². The van der Waals surface area contributed by atoms with Crippen LogP contribution in [0.4, 0.5) is 5.95 Å². The Morgan fingerprint density at radius 2 is 2.13 bits per heavy atom. The number of nitrogen functional groups attached to an aromatic ring is 1. The lowest BCUT2D eigenvalue weighted by molar-refractivity contribution is -0.173. The third kappa shape index (κ3) is 1.85. The third-order valence-electron chi connectivity index (χ3n) is 8.47. The molecule has 3 heterocycles. The quantitative estimate of drug-likeness (QED) is 0.698. The number of phenolic OH excluding ortho intramolecular Hbond substituents is 1. The monoisotopic (exact) mass is 406 g/mol. The van der Waals surface area contributed by atoms with Crippen molar-refractivity contribution in [1.82, 2.24) is 14.9 Å². The van der Waals surface area contributed by atoms with Crippen LogP contribution < -0.4 is 10.5 Å². The summed E-state index contributed by atoms with van der Waals surface area (Å²) >= 11 is 0. The second-order valence-electron chi connectivity index (χ2n) is 9.96. The van der Waals surface area contributed by atoms with Crippen LogP contribution in [0.15, 0.2) is 12.1 Å². The Morgan fingerprint density at radius 1 is 1.30 bits per heavy atom. The first-order valence-electron chi connectivity index (χ1n) is 11.0. The largest absolute Gasteiger partial charge is 0.504 e. The summed E-state index contributed by atoms with van der Waals surface area (Å²) in [5, 5.41) is 23.2. The molecule has 2 fully saturated rings. The lowest BCUT2D eigenvalue weighted by atomic mass is 9.49. The number of phenols is 1. The van der Waals surface area contributed by atoms with E-state index in [1.807, 2.05) is 13.0 Å². The second-order valence-corrected chi connectivity index (χ2v) is 9.96. The number of aryl methyl sites for hydroxylation is 1. The number of ether oxygens (including phenoxy) is 1. The van der Waals surface area contributed by atoms with Crippen molar-refractivity contribution in [2.45, 2.75) is 62.2 Å². The number of aromatic nitrogens is 2. The van der Waals surface area contributed by atoms with Gasteiger partial charge in [-0.25, -0.2) is 9.97 Å². The molecule has 30 heavy (non-hydrogen) atoms. The summed E-state index contributed by atoms with van der Waals surface area (Å²) in [6.45, 7) is 3.91. The van der Waals surface area contributed by atoms with Crippen LogP contribution in [-0.4, -0.2) is 49.8 Å². The molecule has 1 saturated heterocycles. The van der Waals surface area contributed by atoms with Crippen LogP contribution in [-0.2, 0) is 18.3 Å². The summed E-state index contributed by atoms with van der Waals surface area (Å²) in [4.78, 5) is 11.5. The number of aromatic hydroxyl groups is 1. The van der Waals surface area contributed by atoms with Crippen molar-refractivity contribution < 1.29 is 14.9 Å². The van der Waals surface area contributed by atoms with E-state index in [-0.39, 0.29) is 17.7 Å². The highest BCUT2D eigenvalue weighted by Crippen LogP contribution is 2.68. The summed E-state index contributed by atoms with van der Waals surface area (Å²) in [6, 6.07) is 3.77. The second kappa shape index (κ2) is 5.26. The highest BCUT2D eigenvalue weighted by Gasteiger charge is 2.73. The van der Waals surface area contributed by atoms with Gasteiger partial charge in [0, 0.05) is 35.8 Å². The molecule has 156 valence electrons. The van der Waals surface area contributed by atoms with E-state index in [4.69, 9.17) is 10.5 Å². The fourth-order valence-electron chi connectivity index (χ4n) is 7.00. The number of fused-ring (bicyclic) bond motifs is 2. The van der Waals surface area contributed by atoms with Crippen LogP contribution in [0.2, 0.25) is 0 Å². The van der Waals surface area contributed by atoms with Crippen molar-refractivity contribution in [2.75, 3.05) is 18.8 Å².